The molecule has 0 radical (unpaired) electrons. The van der Waals surface area contributed by atoms with Crippen molar-refractivity contribution in [1.29, 1.82) is 0 Å². The van der Waals surface area contributed by atoms with Gasteiger partial charge in [-0.1, -0.05) is 11.2 Å². The zero-order chi connectivity index (χ0) is 14.3. The van der Waals surface area contributed by atoms with Crippen LogP contribution in [0.2, 0.25) is 0 Å². The fourth-order valence-corrected chi connectivity index (χ4v) is 2.37. The molecule has 20 heavy (non-hydrogen) atoms. The van der Waals surface area contributed by atoms with E-state index in [1.165, 1.54) is 11.1 Å². The average molecular weight is 268 g/mol. The van der Waals surface area contributed by atoms with Crippen LogP contribution in [0, 0.1) is 27.7 Å². The summed E-state index contributed by atoms with van der Waals surface area (Å²) in [4.78, 5) is 8.72. The Morgan fingerprint density at radius 3 is 2.35 bits per heavy atom. The maximum atomic E-state index is 5.21. The first kappa shape index (κ1) is 12.6. The first-order valence-corrected chi connectivity index (χ1v) is 6.49. The Hall–Kier alpha value is -2.43. The minimum atomic E-state index is 0.516. The van der Waals surface area contributed by atoms with Crippen LogP contribution in [0.5, 0.6) is 0 Å². The number of fused-ring (bicyclic) bond motifs is 1. The Balaban J connectivity index is 2.12. The van der Waals surface area contributed by atoms with E-state index in [0.29, 0.717) is 11.5 Å². The van der Waals surface area contributed by atoms with E-state index in [4.69, 9.17) is 4.52 Å². The van der Waals surface area contributed by atoms with E-state index < -0.39 is 0 Å². The molecule has 3 aromatic rings. The topological polar surface area (TPSA) is 63.8 Å². The molecular weight excluding hydrogens is 252 g/mol. The van der Waals surface area contributed by atoms with Gasteiger partial charge in [-0.2, -0.15) is 4.98 Å². The number of anilines is 2. The number of rotatable bonds is 2. The Labute approximate surface area is 117 Å². The van der Waals surface area contributed by atoms with Crippen molar-refractivity contribution < 1.29 is 4.52 Å². The predicted octanol–water partition coefficient (Wildman–Crippen LogP) is 3.60. The molecule has 2 aromatic heterocycles. The van der Waals surface area contributed by atoms with E-state index in [2.05, 4.69) is 52.5 Å². The van der Waals surface area contributed by atoms with Crippen LogP contribution < -0.4 is 5.32 Å². The molecule has 0 atom stereocenters. The molecule has 0 saturated heterocycles. The molecule has 0 aliphatic heterocycles. The summed E-state index contributed by atoms with van der Waals surface area (Å²) in [5, 5.41) is 8.13. The van der Waals surface area contributed by atoms with Crippen LogP contribution in [0.15, 0.2) is 22.7 Å². The summed E-state index contributed by atoms with van der Waals surface area (Å²) in [6, 6.07) is 6.30. The molecule has 3 rings (SSSR count). The summed E-state index contributed by atoms with van der Waals surface area (Å²) >= 11 is 0. The molecule has 0 unspecified atom stereocenters. The Morgan fingerprint density at radius 2 is 1.65 bits per heavy atom. The number of nitrogens with zero attached hydrogens (tertiary/aromatic N) is 3. The quantitative estimate of drug-likeness (QED) is 0.769. The minimum Gasteiger partial charge on any atom is -0.339 e. The van der Waals surface area contributed by atoms with Crippen LogP contribution in [0.1, 0.15) is 22.6 Å². The summed E-state index contributed by atoms with van der Waals surface area (Å²) in [5.41, 5.74) is 4.71. The SMILES string of the molecule is Cc1cc(C)cc(Nc2nc(C)nc3onc(C)c23)c1. The minimum absolute atomic E-state index is 0.516. The number of hydrogen-bond acceptors (Lipinski definition) is 5. The molecule has 5 nitrogen and oxygen atoms in total. The monoisotopic (exact) mass is 268 g/mol. The van der Waals surface area contributed by atoms with Gasteiger partial charge in [0, 0.05) is 5.69 Å². The van der Waals surface area contributed by atoms with Crippen LogP contribution in [0.3, 0.4) is 0 Å². The highest BCUT2D eigenvalue weighted by Gasteiger charge is 2.13. The third-order valence-electron chi connectivity index (χ3n) is 3.10. The predicted molar refractivity (Wildman–Crippen MR) is 78.3 cm³/mol. The molecule has 0 spiro atoms. The highest BCUT2D eigenvalue weighted by molar-refractivity contribution is 5.89. The maximum Gasteiger partial charge on any atom is 0.263 e. The molecule has 0 amide bonds. The van der Waals surface area contributed by atoms with Crippen LogP contribution in [0.4, 0.5) is 11.5 Å². The number of benzene rings is 1. The van der Waals surface area contributed by atoms with Crippen molar-refractivity contribution >= 4 is 22.6 Å². The van der Waals surface area contributed by atoms with Crippen LogP contribution in [-0.4, -0.2) is 15.1 Å². The molecule has 102 valence electrons. The van der Waals surface area contributed by atoms with E-state index in [-0.39, 0.29) is 0 Å². The number of aryl methyl sites for hydroxylation is 4. The Morgan fingerprint density at radius 1 is 0.950 bits per heavy atom. The average Bonchev–Trinajstić information content (AvgIpc) is 2.69. The Bertz CT molecular complexity index is 772. The number of aromatic nitrogens is 3. The van der Waals surface area contributed by atoms with Gasteiger partial charge in [-0.3, -0.25) is 0 Å². The fourth-order valence-electron chi connectivity index (χ4n) is 2.37. The Kier molecular flexibility index (Phi) is 2.89. The van der Waals surface area contributed by atoms with Gasteiger partial charge in [-0.25, -0.2) is 4.98 Å². The summed E-state index contributed by atoms with van der Waals surface area (Å²) in [7, 11) is 0. The highest BCUT2D eigenvalue weighted by Crippen LogP contribution is 2.27. The lowest BCUT2D eigenvalue weighted by Gasteiger charge is -2.09. The molecule has 0 aliphatic rings. The third-order valence-corrected chi connectivity index (χ3v) is 3.10. The molecule has 1 aromatic carbocycles. The molecule has 2 heterocycles. The van der Waals surface area contributed by atoms with E-state index >= 15 is 0 Å². The van der Waals surface area contributed by atoms with Gasteiger partial charge in [0.2, 0.25) is 0 Å². The molecule has 0 saturated carbocycles. The van der Waals surface area contributed by atoms with Crippen molar-refractivity contribution in [3.8, 4) is 0 Å². The fraction of sp³-hybridized carbons (Fsp3) is 0.267. The zero-order valence-corrected chi connectivity index (χ0v) is 12.0. The normalized spacial score (nSPS) is 11.0. The largest absolute Gasteiger partial charge is 0.339 e. The van der Waals surface area contributed by atoms with Crippen LogP contribution in [0.25, 0.3) is 11.1 Å². The molecule has 0 aliphatic carbocycles. The van der Waals surface area contributed by atoms with Gasteiger partial charge in [0.1, 0.15) is 17.0 Å². The maximum absolute atomic E-state index is 5.21. The summed E-state index contributed by atoms with van der Waals surface area (Å²) in [5.74, 6) is 1.39. The van der Waals surface area contributed by atoms with Crippen molar-refractivity contribution in [3.63, 3.8) is 0 Å². The third kappa shape index (κ3) is 2.22. The van der Waals surface area contributed by atoms with Gasteiger partial charge in [0.25, 0.3) is 5.71 Å². The van der Waals surface area contributed by atoms with Crippen molar-refractivity contribution in [2.45, 2.75) is 27.7 Å². The second kappa shape index (κ2) is 4.59. The van der Waals surface area contributed by atoms with Crippen molar-refractivity contribution in [1.82, 2.24) is 15.1 Å². The molecule has 0 fully saturated rings. The zero-order valence-electron chi connectivity index (χ0n) is 12.0. The summed E-state index contributed by atoms with van der Waals surface area (Å²) in [6.45, 7) is 7.87. The van der Waals surface area contributed by atoms with Crippen molar-refractivity contribution in [2.24, 2.45) is 0 Å². The number of nitrogens with one attached hydrogen (secondary N) is 1. The first-order valence-electron chi connectivity index (χ1n) is 6.49. The van der Waals surface area contributed by atoms with Crippen molar-refractivity contribution in [3.05, 3.63) is 40.8 Å². The van der Waals surface area contributed by atoms with Gasteiger partial charge in [0.15, 0.2) is 0 Å². The van der Waals surface area contributed by atoms with Gasteiger partial charge in [-0.15, -0.1) is 0 Å². The van der Waals surface area contributed by atoms with Crippen LogP contribution in [-0.2, 0) is 0 Å². The van der Waals surface area contributed by atoms with Crippen molar-refractivity contribution in [2.75, 3.05) is 5.32 Å². The van der Waals surface area contributed by atoms with E-state index in [9.17, 15) is 0 Å². The van der Waals surface area contributed by atoms with E-state index in [1.54, 1.807) is 0 Å². The standard InChI is InChI=1S/C15H16N4O/c1-8-5-9(2)7-12(6-8)18-14-13-10(3)19-20-15(13)17-11(4)16-14/h5-7H,1-4H3,(H,16,17,18). The highest BCUT2D eigenvalue weighted by atomic mass is 16.5. The van der Waals surface area contributed by atoms with E-state index in [0.717, 1.165) is 22.6 Å². The van der Waals surface area contributed by atoms with E-state index in [1.807, 2.05) is 13.8 Å². The second-order valence-electron chi connectivity index (χ2n) is 5.07. The lowest BCUT2D eigenvalue weighted by atomic mass is 10.1. The summed E-state index contributed by atoms with van der Waals surface area (Å²) < 4.78 is 5.21. The molecule has 0 bridgehead atoms. The molecular formula is C15H16N4O. The number of hydrogen-bond donors (Lipinski definition) is 1. The smallest absolute Gasteiger partial charge is 0.263 e. The van der Waals surface area contributed by atoms with Gasteiger partial charge < -0.3 is 9.84 Å². The van der Waals surface area contributed by atoms with Crippen LogP contribution >= 0.6 is 0 Å². The lowest BCUT2D eigenvalue weighted by molar-refractivity contribution is 0.442. The summed E-state index contributed by atoms with van der Waals surface area (Å²) in [6.07, 6.45) is 0. The van der Waals surface area contributed by atoms with Gasteiger partial charge in [0.05, 0.1) is 5.69 Å². The first-order chi connectivity index (χ1) is 9.52. The van der Waals surface area contributed by atoms with Gasteiger partial charge in [-0.05, 0) is 51.0 Å². The van der Waals surface area contributed by atoms with Gasteiger partial charge >= 0.3 is 0 Å². The molecule has 1 N–H and O–H groups in total. The second-order valence-corrected chi connectivity index (χ2v) is 5.07. The lowest BCUT2D eigenvalue weighted by Crippen LogP contribution is -1.99. The molecule has 5 heteroatoms.